The van der Waals surface area contributed by atoms with Crippen LogP contribution < -0.4 is 0 Å². The van der Waals surface area contributed by atoms with Crippen LogP contribution in [0.15, 0.2) is 5.28 Å². The highest BCUT2D eigenvalue weighted by Crippen LogP contribution is 2.33. The number of carboxylic acids is 1. The molecule has 0 aliphatic carbocycles. The predicted octanol–water partition coefficient (Wildman–Crippen LogP) is 0.125. The minimum atomic E-state index is -2.25. The van der Waals surface area contributed by atoms with Crippen LogP contribution in [0.2, 0.25) is 0 Å². The van der Waals surface area contributed by atoms with Crippen molar-refractivity contribution >= 4 is 5.97 Å². The molecule has 2 aliphatic rings. The summed E-state index contributed by atoms with van der Waals surface area (Å²) in [6.07, 6.45) is 0.224. The zero-order valence-corrected chi connectivity index (χ0v) is 10.1. The van der Waals surface area contributed by atoms with Crippen molar-refractivity contribution in [1.29, 1.82) is 0 Å². The van der Waals surface area contributed by atoms with Gasteiger partial charge in [0, 0.05) is 0 Å². The second-order valence-corrected chi connectivity index (χ2v) is 5.40. The molecular weight excluding hydrogens is 228 g/mol. The summed E-state index contributed by atoms with van der Waals surface area (Å²) in [5.74, 6) is -3.68. The van der Waals surface area contributed by atoms with E-state index in [9.17, 15) is 9.90 Å². The first kappa shape index (κ1) is 12.3. The number of nitrogens with zero attached hydrogens (tertiary/aromatic N) is 2. The molecule has 3 unspecified atom stereocenters. The number of fused-ring (bicyclic) bond motifs is 1. The Morgan fingerprint density at radius 3 is 2.76 bits per heavy atom. The van der Waals surface area contributed by atoms with Crippen LogP contribution in [-0.2, 0) is 14.4 Å². The van der Waals surface area contributed by atoms with Gasteiger partial charge in [-0.25, -0.2) is 4.79 Å². The Balaban J connectivity index is 2.09. The van der Waals surface area contributed by atoms with Gasteiger partial charge in [0.15, 0.2) is 11.8 Å². The van der Waals surface area contributed by atoms with Crippen LogP contribution in [0.1, 0.15) is 27.2 Å². The van der Waals surface area contributed by atoms with Gasteiger partial charge in [0.1, 0.15) is 6.10 Å². The number of rotatable bonds is 2. The number of hydrogen-bond acceptors (Lipinski definition) is 5. The number of carboxylic acid groups (broad SMARTS) is 1. The SMILES string of the molecule is CC(C)(C)OC1CC2[N+](=NOC2(O)C(=O)O)C1. The van der Waals surface area contributed by atoms with Gasteiger partial charge in [-0.2, -0.15) is 0 Å². The van der Waals surface area contributed by atoms with E-state index in [0.717, 1.165) is 0 Å². The summed E-state index contributed by atoms with van der Waals surface area (Å²) in [6.45, 7) is 6.20. The summed E-state index contributed by atoms with van der Waals surface area (Å²) >= 11 is 0. The van der Waals surface area contributed by atoms with E-state index in [0.29, 0.717) is 13.0 Å². The largest absolute Gasteiger partial charge is 0.476 e. The Morgan fingerprint density at radius 1 is 1.59 bits per heavy atom. The van der Waals surface area contributed by atoms with E-state index >= 15 is 0 Å². The van der Waals surface area contributed by atoms with E-state index in [1.165, 1.54) is 4.70 Å². The highest BCUT2D eigenvalue weighted by atomic mass is 16.8. The lowest BCUT2D eigenvalue weighted by Crippen LogP contribution is -2.49. The van der Waals surface area contributed by atoms with Crippen LogP contribution in [0.5, 0.6) is 0 Å². The van der Waals surface area contributed by atoms with E-state index in [-0.39, 0.29) is 11.7 Å². The van der Waals surface area contributed by atoms with Gasteiger partial charge in [0.2, 0.25) is 0 Å². The second-order valence-electron chi connectivity index (χ2n) is 5.40. The molecule has 96 valence electrons. The maximum atomic E-state index is 11.0. The van der Waals surface area contributed by atoms with Crippen molar-refractivity contribution in [2.24, 2.45) is 5.28 Å². The van der Waals surface area contributed by atoms with E-state index < -0.39 is 17.8 Å². The first-order chi connectivity index (χ1) is 7.72. The molecule has 2 aliphatic heterocycles. The molecule has 7 nitrogen and oxygen atoms in total. The van der Waals surface area contributed by atoms with E-state index in [1.807, 2.05) is 20.8 Å². The van der Waals surface area contributed by atoms with Crippen LogP contribution in [-0.4, -0.2) is 51.0 Å². The van der Waals surface area contributed by atoms with Gasteiger partial charge in [0.25, 0.3) is 6.04 Å². The Labute approximate surface area is 98.6 Å². The highest BCUT2D eigenvalue weighted by Gasteiger charge is 2.65. The third-order valence-corrected chi connectivity index (χ3v) is 2.80. The average molecular weight is 245 g/mol. The van der Waals surface area contributed by atoms with Gasteiger partial charge in [-0.3, -0.25) is 4.84 Å². The Kier molecular flexibility index (Phi) is 2.62. The molecule has 0 amide bonds. The van der Waals surface area contributed by atoms with Crippen LogP contribution in [0, 0.1) is 0 Å². The van der Waals surface area contributed by atoms with Gasteiger partial charge in [-0.05, 0) is 20.8 Å². The van der Waals surface area contributed by atoms with Gasteiger partial charge in [-0.15, -0.1) is 0 Å². The van der Waals surface area contributed by atoms with Crippen molar-refractivity contribution in [3.63, 3.8) is 0 Å². The summed E-state index contributed by atoms with van der Waals surface area (Å²) in [7, 11) is 0. The molecule has 0 saturated carbocycles. The zero-order chi connectivity index (χ0) is 12.8. The van der Waals surface area contributed by atoms with Crippen molar-refractivity contribution in [1.82, 2.24) is 0 Å². The predicted molar refractivity (Wildman–Crippen MR) is 54.3 cm³/mol. The topological polar surface area (TPSA) is 91.4 Å². The lowest BCUT2D eigenvalue weighted by molar-refractivity contribution is -0.608. The summed E-state index contributed by atoms with van der Waals surface area (Å²) in [5.41, 5.74) is -0.313. The quantitative estimate of drug-likeness (QED) is 0.674. The van der Waals surface area contributed by atoms with Gasteiger partial charge >= 0.3 is 11.8 Å². The van der Waals surface area contributed by atoms with Gasteiger partial charge in [-0.1, -0.05) is 4.70 Å². The van der Waals surface area contributed by atoms with Gasteiger partial charge in [0.05, 0.1) is 12.0 Å². The fourth-order valence-corrected chi connectivity index (χ4v) is 2.18. The van der Waals surface area contributed by atoms with E-state index in [2.05, 4.69) is 10.1 Å². The van der Waals surface area contributed by atoms with Crippen molar-refractivity contribution < 1.29 is 29.3 Å². The first-order valence-electron chi connectivity index (χ1n) is 5.52. The molecule has 2 heterocycles. The second kappa shape index (κ2) is 3.64. The molecule has 0 aromatic carbocycles. The Bertz CT molecular complexity index is 375. The summed E-state index contributed by atoms with van der Waals surface area (Å²) in [4.78, 5) is 15.6. The molecule has 2 rings (SSSR count). The first-order valence-corrected chi connectivity index (χ1v) is 5.52. The maximum Gasteiger partial charge on any atom is 0.401 e. The summed E-state index contributed by atoms with van der Waals surface area (Å²) < 4.78 is 7.18. The minimum Gasteiger partial charge on any atom is -0.476 e. The number of ether oxygens (including phenoxy) is 1. The third-order valence-electron chi connectivity index (χ3n) is 2.80. The number of aliphatic carboxylic acids is 1. The molecule has 3 atom stereocenters. The molecular formula is C10H17N2O5+. The number of carbonyl (C=O) groups is 1. The molecule has 0 bridgehead atoms. The Hall–Kier alpha value is -1.21. The third kappa shape index (κ3) is 2.12. The smallest absolute Gasteiger partial charge is 0.401 e. The fourth-order valence-electron chi connectivity index (χ4n) is 2.18. The lowest BCUT2D eigenvalue weighted by atomic mass is 10.0. The number of hydrogen-bond donors (Lipinski definition) is 2. The summed E-state index contributed by atoms with van der Waals surface area (Å²) in [6, 6.07) is -0.688. The van der Waals surface area contributed by atoms with Crippen molar-refractivity contribution in [3.05, 3.63) is 0 Å². The molecule has 0 radical (unpaired) electrons. The normalized spacial score (nSPS) is 36.4. The molecule has 2 N–H and O–H groups in total. The van der Waals surface area contributed by atoms with Crippen LogP contribution in [0.25, 0.3) is 0 Å². The zero-order valence-electron chi connectivity index (χ0n) is 10.1. The highest BCUT2D eigenvalue weighted by molar-refractivity contribution is 5.76. The monoisotopic (exact) mass is 245 g/mol. The lowest BCUT2D eigenvalue weighted by Gasteiger charge is -2.23. The number of aliphatic hydroxyl groups is 1. The molecule has 0 aromatic rings. The molecule has 1 saturated heterocycles. The average Bonchev–Trinajstić information content (AvgIpc) is 2.65. The van der Waals surface area contributed by atoms with Crippen molar-refractivity contribution in [2.45, 2.75) is 50.7 Å². The van der Waals surface area contributed by atoms with Crippen molar-refractivity contribution in [3.8, 4) is 0 Å². The molecule has 1 fully saturated rings. The van der Waals surface area contributed by atoms with E-state index in [4.69, 9.17) is 9.84 Å². The van der Waals surface area contributed by atoms with E-state index in [1.54, 1.807) is 0 Å². The fraction of sp³-hybridized carbons (Fsp3) is 0.900. The minimum absolute atomic E-state index is 0.154. The van der Waals surface area contributed by atoms with Crippen LogP contribution >= 0.6 is 0 Å². The standard InChI is InChI=1S/C10H16N2O5/c1-9(2,3)16-6-4-7-10(15,8(13)14)17-11-12(7)5-6/h6-7,15H,4-5H2,1-3H3/p+1. The van der Waals surface area contributed by atoms with Crippen LogP contribution in [0.4, 0.5) is 0 Å². The van der Waals surface area contributed by atoms with Gasteiger partial charge < -0.3 is 14.9 Å². The van der Waals surface area contributed by atoms with Crippen molar-refractivity contribution in [2.75, 3.05) is 6.54 Å². The Morgan fingerprint density at radius 2 is 2.24 bits per heavy atom. The van der Waals surface area contributed by atoms with Crippen LogP contribution in [0.3, 0.4) is 0 Å². The molecule has 0 aromatic heterocycles. The maximum absolute atomic E-state index is 11.0. The summed E-state index contributed by atoms with van der Waals surface area (Å²) in [5, 5.41) is 22.4. The molecule has 0 spiro atoms. The molecule has 17 heavy (non-hydrogen) atoms. The molecule has 7 heteroatoms.